The highest BCUT2D eigenvalue weighted by Crippen LogP contribution is 2.47. The lowest BCUT2D eigenvalue weighted by atomic mass is 9.74. The first-order chi connectivity index (χ1) is 10.1. The molecule has 0 spiro atoms. The number of carboxylic acids is 1. The van der Waals surface area contributed by atoms with Crippen molar-refractivity contribution in [1.29, 1.82) is 0 Å². The van der Waals surface area contributed by atoms with E-state index in [0.717, 1.165) is 36.3 Å². The lowest BCUT2D eigenvalue weighted by Crippen LogP contribution is -2.46. The first kappa shape index (κ1) is 14.2. The molecule has 0 radical (unpaired) electrons. The Morgan fingerprint density at radius 3 is 2.76 bits per heavy atom. The smallest absolute Gasteiger partial charge is 0.311 e. The summed E-state index contributed by atoms with van der Waals surface area (Å²) in [6.07, 6.45) is 5.65. The molecule has 3 unspecified atom stereocenters. The number of rotatable bonds is 2. The molecule has 1 aliphatic heterocycles. The standard InChI is InChI=1S/C17H23NO3/c1-18-14-7-5-3-4-6-12(14)16(17(19)20)13-10-11(21-2)8-9-15(13)18/h8-10,12,14,16H,3-7H2,1-2H3,(H,19,20). The first-order valence-electron chi connectivity index (χ1n) is 7.77. The third kappa shape index (κ3) is 2.37. The number of methoxy groups -OCH3 is 1. The molecule has 1 aliphatic carbocycles. The summed E-state index contributed by atoms with van der Waals surface area (Å²) < 4.78 is 5.29. The van der Waals surface area contributed by atoms with E-state index in [1.165, 1.54) is 12.8 Å². The van der Waals surface area contributed by atoms with Gasteiger partial charge in [0.05, 0.1) is 13.0 Å². The van der Waals surface area contributed by atoms with Crippen LogP contribution < -0.4 is 9.64 Å². The van der Waals surface area contributed by atoms with E-state index in [-0.39, 0.29) is 5.92 Å². The first-order valence-corrected chi connectivity index (χ1v) is 7.77. The average molecular weight is 289 g/mol. The van der Waals surface area contributed by atoms with Crippen LogP contribution in [0.5, 0.6) is 5.75 Å². The predicted octanol–water partition coefficient (Wildman–Crippen LogP) is 3.26. The fourth-order valence-electron chi connectivity index (χ4n) is 4.14. The Morgan fingerprint density at radius 1 is 1.29 bits per heavy atom. The summed E-state index contributed by atoms with van der Waals surface area (Å²) in [6.45, 7) is 0. The van der Waals surface area contributed by atoms with Crippen molar-refractivity contribution in [2.75, 3.05) is 19.1 Å². The number of hydrogen-bond donors (Lipinski definition) is 1. The van der Waals surface area contributed by atoms with Crippen LogP contribution in [-0.4, -0.2) is 31.3 Å². The van der Waals surface area contributed by atoms with Crippen LogP contribution >= 0.6 is 0 Å². The van der Waals surface area contributed by atoms with Gasteiger partial charge in [0.25, 0.3) is 0 Å². The van der Waals surface area contributed by atoms with Crippen LogP contribution in [0.15, 0.2) is 18.2 Å². The molecule has 0 bridgehead atoms. The van der Waals surface area contributed by atoms with E-state index in [1.807, 2.05) is 18.2 Å². The summed E-state index contributed by atoms with van der Waals surface area (Å²) in [5, 5.41) is 9.81. The Kier molecular flexibility index (Phi) is 3.79. The van der Waals surface area contributed by atoms with Crippen molar-refractivity contribution in [3.8, 4) is 5.75 Å². The highest BCUT2D eigenvalue weighted by molar-refractivity contribution is 5.81. The number of carboxylic acid groups (broad SMARTS) is 1. The molecule has 1 aromatic rings. The maximum absolute atomic E-state index is 11.9. The van der Waals surface area contributed by atoms with Gasteiger partial charge < -0.3 is 14.7 Å². The number of aliphatic carboxylic acids is 1. The molecule has 0 amide bonds. The summed E-state index contributed by atoms with van der Waals surface area (Å²) >= 11 is 0. The van der Waals surface area contributed by atoms with Crippen molar-refractivity contribution < 1.29 is 14.6 Å². The molecule has 4 nitrogen and oxygen atoms in total. The summed E-state index contributed by atoms with van der Waals surface area (Å²) in [5.41, 5.74) is 1.96. The molecule has 0 aromatic heterocycles. The van der Waals surface area contributed by atoms with Crippen LogP contribution in [0.2, 0.25) is 0 Å². The summed E-state index contributed by atoms with van der Waals surface area (Å²) in [7, 11) is 3.73. The summed E-state index contributed by atoms with van der Waals surface area (Å²) in [6, 6.07) is 6.18. The zero-order valence-electron chi connectivity index (χ0n) is 12.7. The predicted molar refractivity (Wildman–Crippen MR) is 82.1 cm³/mol. The maximum atomic E-state index is 11.9. The second-order valence-corrected chi connectivity index (χ2v) is 6.22. The van der Waals surface area contributed by atoms with Crippen molar-refractivity contribution in [3.05, 3.63) is 23.8 Å². The van der Waals surface area contributed by atoms with Gasteiger partial charge in [0, 0.05) is 18.8 Å². The Hall–Kier alpha value is -1.71. The van der Waals surface area contributed by atoms with Crippen molar-refractivity contribution in [2.24, 2.45) is 5.92 Å². The van der Waals surface area contributed by atoms with Crippen LogP contribution in [0.4, 0.5) is 5.69 Å². The van der Waals surface area contributed by atoms with Gasteiger partial charge in [0.1, 0.15) is 5.75 Å². The van der Waals surface area contributed by atoms with Crippen molar-refractivity contribution in [3.63, 3.8) is 0 Å². The number of benzene rings is 1. The van der Waals surface area contributed by atoms with E-state index in [2.05, 4.69) is 11.9 Å². The minimum atomic E-state index is -0.700. The maximum Gasteiger partial charge on any atom is 0.311 e. The Labute approximate surface area is 125 Å². The fraction of sp³-hybridized carbons (Fsp3) is 0.588. The number of anilines is 1. The van der Waals surface area contributed by atoms with Gasteiger partial charge >= 0.3 is 5.97 Å². The molecule has 1 fully saturated rings. The van der Waals surface area contributed by atoms with Gasteiger partial charge in [-0.2, -0.15) is 0 Å². The fourth-order valence-corrected chi connectivity index (χ4v) is 4.14. The molecule has 1 N–H and O–H groups in total. The molecular formula is C17H23NO3. The normalized spacial score (nSPS) is 28.3. The molecule has 1 heterocycles. The monoisotopic (exact) mass is 289 g/mol. The zero-order chi connectivity index (χ0) is 15.0. The number of carbonyl (C=O) groups is 1. The number of hydrogen-bond acceptors (Lipinski definition) is 3. The topological polar surface area (TPSA) is 49.8 Å². The van der Waals surface area contributed by atoms with E-state index in [0.29, 0.717) is 6.04 Å². The third-order valence-corrected chi connectivity index (χ3v) is 5.17. The summed E-state index contributed by atoms with van der Waals surface area (Å²) in [5.74, 6) is -0.168. The lowest BCUT2D eigenvalue weighted by Gasteiger charge is -2.44. The second kappa shape index (κ2) is 5.58. The minimum Gasteiger partial charge on any atom is -0.497 e. The van der Waals surface area contributed by atoms with Crippen molar-refractivity contribution in [2.45, 2.75) is 44.1 Å². The van der Waals surface area contributed by atoms with Crippen LogP contribution in [0.3, 0.4) is 0 Å². The lowest BCUT2D eigenvalue weighted by molar-refractivity contribution is -0.140. The SMILES string of the molecule is COc1ccc2c(c1)C(C(=O)O)C1CCCCCC1N2C. The highest BCUT2D eigenvalue weighted by Gasteiger charge is 2.43. The largest absolute Gasteiger partial charge is 0.497 e. The van der Waals surface area contributed by atoms with Crippen LogP contribution in [0.25, 0.3) is 0 Å². The average Bonchev–Trinajstić information content (AvgIpc) is 2.72. The van der Waals surface area contributed by atoms with Gasteiger partial charge in [-0.1, -0.05) is 19.3 Å². The number of nitrogens with zero attached hydrogens (tertiary/aromatic N) is 1. The van der Waals surface area contributed by atoms with Crippen molar-refractivity contribution >= 4 is 11.7 Å². The molecule has 3 atom stereocenters. The Balaban J connectivity index is 2.11. The number of fused-ring (bicyclic) bond motifs is 2. The van der Waals surface area contributed by atoms with E-state index in [9.17, 15) is 9.90 Å². The Bertz CT molecular complexity index is 543. The Morgan fingerprint density at radius 2 is 2.05 bits per heavy atom. The second-order valence-electron chi connectivity index (χ2n) is 6.22. The van der Waals surface area contributed by atoms with Crippen molar-refractivity contribution in [1.82, 2.24) is 0 Å². The van der Waals surface area contributed by atoms with Crippen LogP contribution in [0, 0.1) is 5.92 Å². The van der Waals surface area contributed by atoms with Crippen LogP contribution in [0.1, 0.15) is 43.6 Å². The van der Waals surface area contributed by atoms with Gasteiger partial charge in [0.15, 0.2) is 0 Å². The molecule has 2 aliphatic rings. The van der Waals surface area contributed by atoms with E-state index in [4.69, 9.17) is 4.74 Å². The van der Waals surface area contributed by atoms with Gasteiger partial charge in [0.2, 0.25) is 0 Å². The van der Waals surface area contributed by atoms with Gasteiger partial charge in [-0.15, -0.1) is 0 Å². The quantitative estimate of drug-likeness (QED) is 0.908. The molecule has 0 saturated heterocycles. The minimum absolute atomic E-state index is 0.203. The van der Waals surface area contributed by atoms with Gasteiger partial charge in [-0.25, -0.2) is 0 Å². The van der Waals surface area contributed by atoms with Gasteiger partial charge in [-0.3, -0.25) is 4.79 Å². The van der Waals surface area contributed by atoms with E-state index >= 15 is 0 Å². The molecular weight excluding hydrogens is 266 g/mol. The molecule has 1 saturated carbocycles. The molecule has 4 heteroatoms. The molecule has 114 valence electrons. The van der Waals surface area contributed by atoms with Gasteiger partial charge in [-0.05, 0) is 42.5 Å². The zero-order valence-corrected chi connectivity index (χ0v) is 12.7. The highest BCUT2D eigenvalue weighted by atomic mass is 16.5. The molecule has 21 heavy (non-hydrogen) atoms. The van der Waals surface area contributed by atoms with E-state index < -0.39 is 11.9 Å². The molecule has 3 rings (SSSR count). The summed E-state index contributed by atoms with van der Waals surface area (Å²) in [4.78, 5) is 14.2. The van der Waals surface area contributed by atoms with E-state index in [1.54, 1.807) is 7.11 Å². The van der Waals surface area contributed by atoms with Crippen LogP contribution in [-0.2, 0) is 4.79 Å². The number of ether oxygens (including phenoxy) is 1. The molecule has 1 aromatic carbocycles. The third-order valence-electron chi connectivity index (χ3n) is 5.17.